The molecule has 0 saturated heterocycles. The van der Waals surface area contributed by atoms with Crippen molar-refractivity contribution in [1.82, 2.24) is 19.9 Å². The van der Waals surface area contributed by atoms with Crippen molar-refractivity contribution in [2.45, 2.75) is 10.2 Å². The number of anilines is 1. The predicted octanol–water partition coefficient (Wildman–Crippen LogP) is 1.06. The third kappa shape index (κ3) is 2.58. The van der Waals surface area contributed by atoms with Gasteiger partial charge in [-0.05, 0) is 27.7 Å². The number of hydrogen-bond donors (Lipinski definition) is 2. The van der Waals surface area contributed by atoms with Crippen LogP contribution in [0, 0.1) is 0 Å². The number of nitrogens with zero attached hydrogens (tertiary/aromatic N) is 3. The van der Waals surface area contributed by atoms with Crippen LogP contribution in [0.2, 0.25) is 0 Å². The molecule has 2 aromatic rings. The highest BCUT2D eigenvalue weighted by Gasteiger charge is 2.06. The number of hydrogen-bond acceptors (Lipinski definition) is 6. The van der Waals surface area contributed by atoms with Gasteiger partial charge in [-0.25, -0.2) is 15.0 Å². The average Bonchev–Trinajstić information content (AvgIpc) is 2.20. The van der Waals surface area contributed by atoms with E-state index < -0.39 is 0 Å². The summed E-state index contributed by atoms with van der Waals surface area (Å²) in [5.74, 6) is 0.177. The molecule has 0 atom stereocenters. The van der Waals surface area contributed by atoms with Gasteiger partial charge in [0.15, 0.2) is 5.16 Å². The molecule has 0 aliphatic heterocycles. The van der Waals surface area contributed by atoms with Crippen molar-refractivity contribution in [3.05, 3.63) is 33.4 Å². The van der Waals surface area contributed by atoms with Crippen LogP contribution in [0.5, 0.6) is 0 Å². The molecule has 0 amide bonds. The number of nitrogen functional groups attached to an aromatic ring is 1. The summed E-state index contributed by atoms with van der Waals surface area (Å²) >= 11 is 4.49. The van der Waals surface area contributed by atoms with Crippen molar-refractivity contribution in [3.8, 4) is 0 Å². The summed E-state index contributed by atoms with van der Waals surface area (Å²) in [6.45, 7) is 0. The quantitative estimate of drug-likeness (QED) is 0.635. The molecule has 8 heteroatoms. The molecule has 0 radical (unpaired) electrons. The number of H-pyrrole nitrogens is 1. The van der Waals surface area contributed by atoms with Gasteiger partial charge in [0, 0.05) is 12.3 Å². The van der Waals surface area contributed by atoms with Gasteiger partial charge in [-0.1, -0.05) is 0 Å². The van der Waals surface area contributed by atoms with E-state index in [1.54, 1.807) is 6.20 Å². The van der Waals surface area contributed by atoms with Crippen LogP contribution in [-0.2, 0) is 0 Å². The zero-order chi connectivity index (χ0) is 11.5. The number of aromatic amines is 1. The monoisotopic (exact) mass is 299 g/mol. The zero-order valence-corrected chi connectivity index (χ0v) is 10.2. The molecule has 2 aromatic heterocycles. The Morgan fingerprint density at radius 3 is 3.00 bits per heavy atom. The molecular weight excluding hydrogens is 294 g/mol. The zero-order valence-electron chi connectivity index (χ0n) is 7.85. The predicted molar refractivity (Wildman–Crippen MR) is 63.1 cm³/mol. The Morgan fingerprint density at radius 2 is 2.31 bits per heavy atom. The maximum Gasteiger partial charge on any atom is 0.253 e. The fourth-order valence-corrected chi connectivity index (χ4v) is 2.17. The molecule has 2 heterocycles. The Labute approximate surface area is 103 Å². The van der Waals surface area contributed by atoms with Crippen molar-refractivity contribution in [3.63, 3.8) is 0 Å². The maximum atomic E-state index is 11.2. The van der Waals surface area contributed by atoms with E-state index in [0.717, 1.165) is 4.47 Å². The first kappa shape index (κ1) is 11.1. The number of nitrogens with one attached hydrogen (secondary N) is 1. The summed E-state index contributed by atoms with van der Waals surface area (Å²) in [5, 5.41) is 1.05. The lowest BCUT2D eigenvalue weighted by atomic mass is 10.6. The smallest absolute Gasteiger partial charge is 0.253 e. The van der Waals surface area contributed by atoms with E-state index in [0.29, 0.717) is 10.2 Å². The van der Waals surface area contributed by atoms with E-state index in [2.05, 4.69) is 35.9 Å². The van der Waals surface area contributed by atoms with Crippen LogP contribution in [0.3, 0.4) is 0 Å². The summed E-state index contributed by atoms with van der Waals surface area (Å²) in [6, 6.07) is 1.22. The highest BCUT2D eigenvalue weighted by Crippen LogP contribution is 2.28. The third-order valence-corrected chi connectivity index (χ3v) is 3.32. The van der Waals surface area contributed by atoms with Crippen LogP contribution < -0.4 is 11.3 Å². The molecular formula is C8H6BrN5OS. The standard InChI is InChI=1S/C8H6BrN5OS/c9-4-2-11-3-12-7(4)16-8-13-5(10)1-6(15)14-8/h1-3H,(H3,10,13,14,15). The van der Waals surface area contributed by atoms with E-state index in [-0.39, 0.29) is 11.4 Å². The first-order valence-electron chi connectivity index (χ1n) is 4.15. The van der Waals surface area contributed by atoms with Gasteiger partial charge in [0.2, 0.25) is 0 Å². The minimum absolute atomic E-state index is 0.177. The second-order valence-electron chi connectivity index (χ2n) is 2.75. The number of rotatable bonds is 2. The van der Waals surface area contributed by atoms with Gasteiger partial charge in [0.25, 0.3) is 5.56 Å². The maximum absolute atomic E-state index is 11.2. The lowest BCUT2D eigenvalue weighted by molar-refractivity contribution is 0.934. The largest absolute Gasteiger partial charge is 0.383 e. The fraction of sp³-hybridized carbons (Fsp3) is 0. The number of halogens is 1. The summed E-state index contributed by atoms with van der Waals surface area (Å²) in [4.78, 5) is 25.6. The molecule has 82 valence electrons. The first-order valence-corrected chi connectivity index (χ1v) is 5.76. The van der Waals surface area contributed by atoms with Gasteiger partial charge in [-0.15, -0.1) is 0 Å². The minimum atomic E-state index is -0.292. The van der Waals surface area contributed by atoms with Gasteiger partial charge in [-0.3, -0.25) is 4.79 Å². The van der Waals surface area contributed by atoms with Crippen molar-refractivity contribution in [2.24, 2.45) is 0 Å². The van der Waals surface area contributed by atoms with Crippen molar-refractivity contribution >= 4 is 33.5 Å². The SMILES string of the molecule is Nc1cc(=O)[nH]c(Sc2ncncc2Br)n1. The van der Waals surface area contributed by atoms with E-state index >= 15 is 0 Å². The Balaban J connectivity index is 2.34. The summed E-state index contributed by atoms with van der Waals surface area (Å²) in [6.07, 6.45) is 3.03. The Kier molecular flexibility index (Phi) is 3.20. The summed E-state index contributed by atoms with van der Waals surface area (Å²) in [5.41, 5.74) is 5.17. The summed E-state index contributed by atoms with van der Waals surface area (Å²) in [7, 11) is 0. The molecule has 0 spiro atoms. The highest BCUT2D eigenvalue weighted by atomic mass is 79.9. The van der Waals surface area contributed by atoms with Crippen molar-refractivity contribution in [1.29, 1.82) is 0 Å². The molecule has 0 aliphatic carbocycles. The van der Waals surface area contributed by atoms with Crippen LogP contribution >= 0.6 is 27.7 Å². The van der Waals surface area contributed by atoms with Crippen LogP contribution in [-0.4, -0.2) is 19.9 Å². The average molecular weight is 300 g/mol. The van der Waals surface area contributed by atoms with E-state index in [4.69, 9.17) is 5.73 Å². The van der Waals surface area contributed by atoms with Gasteiger partial charge in [0.05, 0.1) is 4.47 Å². The van der Waals surface area contributed by atoms with Crippen LogP contribution in [0.15, 0.2) is 38.0 Å². The molecule has 2 rings (SSSR count). The van der Waals surface area contributed by atoms with E-state index in [1.807, 2.05) is 0 Å². The second kappa shape index (κ2) is 4.62. The van der Waals surface area contributed by atoms with Crippen LogP contribution in [0.25, 0.3) is 0 Å². The molecule has 0 saturated carbocycles. The van der Waals surface area contributed by atoms with Gasteiger partial charge < -0.3 is 10.7 Å². The summed E-state index contributed by atoms with van der Waals surface area (Å²) < 4.78 is 0.727. The number of nitrogens with two attached hydrogens (primary N) is 1. The van der Waals surface area contributed by atoms with Gasteiger partial charge in [0.1, 0.15) is 17.2 Å². The molecule has 16 heavy (non-hydrogen) atoms. The van der Waals surface area contributed by atoms with Crippen molar-refractivity contribution in [2.75, 3.05) is 5.73 Å². The van der Waals surface area contributed by atoms with Gasteiger partial charge >= 0.3 is 0 Å². The lowest BCUT2D eigenvalue weighted by Gasteiger charge is -2.01. The van der Waals surface area contributed by atoms with Crippen LogP contribution in [0.4, 0.5) is 5.82 Å². The van der Waals surface area contributed by atoms with Crippen LogP contribution in [0.1, 0.15) is 0 Å². The first-order chi connectivity index (χ1) is 7.65. The molecule has 0 fully saturated rings. The second-order valence-corrected chi connectivity index (χ2v) is 4.59. The molecule has 0 bridgehead atoms. The topological polar surface area (TPSA) is 97.6 Å². The third-order valence-electron chi connectivity index (χ3n) is 1.57. The molecule has 6 nitrogen and oxygen atoms in total. The fourth-order valence-electron chi connectivity index (χ4n) is 0.970. The number of aromatic nitrogens is 4. The molecule has 0 aromatic carbocycles. The highest BCUT2D eigenvalue weighted by molar-refractivity contribution is 9.10. The van der Waals surface area contributed by atoms with E-state index in [1.165, 1.54) is 24.2 Å². The lowest BCUT2D eigenvalue weighted by Crippen LogP contribution is -2.09. The molecule has 3 N–H and O–H groups in total. The molecule has 0 unspecified atom stereocenters. The van der Waals surface area contributed by atoms with Crippen molar-refractivity contribution < 1.29 is 0 Å². The Hall–Kier alpha value is -1.41. The normalized spacial score (nSPS) is 10.3. The Bertz CT molecular complexity index is 572. The minimum Gasteiger partial charge on any atom is -0.383 e. The molecule has 0 aliphatic rings. The van der Waals surface area contributed by atoms with Gasteiger partial charge in [-0.2, -0.15) is 0 Å². The van der Waals surface area contributed by atoms with E-state index in [9.17, 15) is 4.79 Å². The Morgan fingerprint density at radius 1 is 1.50 bits per heavy atom.